The number of hydrogen-bond acceptors (Lipinski definition) is 5. The second kappa shape index (κ2) is 13.2. The van der Waals surface area contributed by atoms with Crippen LogP contribution in [0.5, 0.6) is 11.5 Å². The zero-order valence-electron chi connectivity index (χ0n) is 15.0. The second-order valence-electron chi connectivity index (χ2n) is 5.19. The average Bonchev–Trinajstić information content (AvgIpc) is 2.60. The van der Waals surface area contributed by atoms with Crippen molar-refractivity contribution in [3.8, 4) is 11.5 Å². The van der Waals surface area contributed by atoms with Gasteiger partial charge in [0.15, 0.2) is 0 Å². The van der Waals surface area contributed by atoms with Gasteiger partial charge in [0, 0.05) is 13.2 Å². The van der Waals surface area contributed by atoms with Gasteiger partial charge in [0.1, 0.15) is 18.1 Å². The van der Waals surface area contributed by atoms with Gasteiger partial charge >= 0.3 is 12.1 Å². The van der Waals surface area contributed by atoms with Gasteiger partial charge in [-0.05, 0) is 50.2 Å². The van der Waals surface area contributed by atoms with E-state index in [4.69, 9.17) is 24.5 Å². The fourth-order valence-electron chi connectivity index (χ4n) is 1.84. The number of hydrogen-bond donors (Lipinski definition) is 2. The molecule has 0 bridgehead atoms. The highest BCUT2D eigenvalue weighted by atomic mass is 19.4. The van der Waals surface area contributed by atoms with Crippen LogP contribution in [-0.4, -0.2) is 67.2 Å². The van der Waals surface area contributed by atoms with Crippen LogP contribution in [-0.2, 0) is 4.79 Å². The molecule has 0 spiro atoms. The maximum Gasteiger partial charge on any atom is 0.490 e. The molecule has 1 aromatic carbocycles. The van der Waals surface area contributed by atoms with E-state index < -0.39 is 12.1 Å². The van der Waals surface area contributed by atoms with Gasteiger partial charge in [-0.15, -0.1) is 0 Å². The van der Waals surface area contributed by atoms with Crippen molar-refractivity contribution in [3.63, 3.8) is 0 Å². The summed E-state index contributed by atoms with van der Waals surface area (Å²) in [7, 11) is 1.65. The van der Waals surface area contributed by atoms with Crippen molar-refractivity contribution in [1.82, 2.24) is 4.90 Å². The number of carbonyl (C=O) groups is 1. The lowest BCUT2D eigenvalue weighted by Crippen LogP contribution is -2.29. The number of nitrogens with zero attached hydrogens (tertiary/aromatic N) is 1. The van der Waals surface area contributed by atoms with Gasteiger partial charge in [-0.2, -0.15) is 13.2 Å². The summed E-state index contributed by atoms with van der Waals surface area (Å²) in [5, 5.41) is 15.9. The highest BCUT2D eigenvalue weighted by Gasteiger charge is 2.38. The maximum absolute atomic E-state index is 10.6. The summed E-state index contributed by atoms with van der Waals surface area (Å²) in [6, 6.07) is 7.63. The van der Waals surface area contributed by atoms with Crippen LogP contribution in [0, 0.1) is 0 Å². The predicted molar refractivity (Wildman–Crippen MR) is 90.6 cm³/mol. The van der Waals surface area contributed by atoms with Crippen molar-refractivity contribution >= 4 is 5.97 Å². The third-order valence-corrected chi connectivity index (χ3v) is 3.31. The van der Waals surface area contributed by atoms with E-state index in [1.165, 1.54) is 0 Å². The molecule has 0 amide bonds. The Hall–Kier alpha value is -2.00. The van der Waals surface area contributed by atoms with Crippen molar-refractivity contribution in [2.24, 2.45) is 0 Å². The predicted octanol–water partition coefficient (Wildman–Crippen LogP) is 2.80. The number of carboxylic acids is 1. The molecule has 0 unspecified atom stereocenters. The van der Waals surface area contributed by atoms with E-state index in [1.807, 2.05) is 24.3 Å². The van der Waals surface area contributed by atoms with Crippen molar-refractivity contribution in [3.05, 3.63) is 24.3 Å². The number of aliphatic hydroxyl groups excluding tert-OH is 1. The van der Waals surface area contributed by atoms with Gasteiger partial charge in [-0.1, -0.05) is 6.92 Å². The number of benzene rings is 1. The molecule has 1 rings (SSSR count). The largest absolute Gasteiger partial charge is 0.497 e. The molecule has 0 saturated heterocycles. The number of alkyl halides is 3. The molecule has 0 atom stereocenters. The lowest BCUT2D eigenvalue weighted by atomic mass is 10.3. The normalized spacial score (nSPS) is 10.9. The van der Waals surface area contributed by atoms with E-state index in [1.54, 1.807) is 7.11 Å². The van der Waals surface area contributed by atoms with Crippen LogP contribution in [0.3, 0.4) is 0 Å². The summed E-state index contributed by atoms with van der Waals surface area (Å²) in [5.41, 5.74) is 0. The third-order valence-electron chi connectivity index (χ3n) is 3.31. The van der Waals surface area contributed by atoms with Gasteiger partial charge in [0.05, 0.1) is 7.11 Å². The van der Waals surface area contributed by atoms with Gasteiger partial charge < -0.3 is 24.6 Å². The molecule has 26 heavy (non-hydrogen) atoms. The van der Waals surface area contributed by atoms with Crippen LogP contribution < -0.4 is 9.47 Å². The van der Waals surface area contributed by atoms with Crippen LogP contribution in [0.2, 0.25) is 0 Å². The lowest BCUT2D eigenvalue weighted by molar-refractivity contribution is -0.192. The zero-order chi connectivity index (χ0) is 20.0. The van der Waals surface area contributed by atoms with Crippen LogP contribution >= 0.6 is 0 Å². The Balaban J connectivity index is 0.000000758. The molecule has 2 N–H and O–H groups in total. The number of carboxylic acid groups (broad SMARTS) is 1. The zero-order valence-corrected chi connectivity index (χ0v) is 15.0. The minimum absolute atomic E-state index is 0.278. The first-order valence-corrected chi connectivity index (χ1v) is 8.14. The van der Waals surface area contributed by atoms with Crippen molar-refractivity contribution in [1.29, 1.82) is 0 Å². The molecular weight excluding hydrogens is 355 g/mol. The Morgan fingerprint density at radius 3 is 2.08 bits per heavy atom. The van der Waals surface area contributed by atoms with Gasteiger partial charge in [0.2, 0.25) is 0 Å². The van der Waals surface area contributed by atoms with E-state index >= 15 is 0 Å². The minimum atomic E-state index is -5.08. The minimum Gasteiger partial charge on any atom is -0.497 e. The Morgan fingerprint density at radius 2 is 1.65 bits per heavy atom. The van der Waals surface area contributed by atoms with Gasteiger partial charge in [-0.3, -0.25) is 0 Å². The molecule has 1 aromatic rings. The second-order valence-corrected chi connectivity index (χ2v) is 5.19. The third kappa shape index (κ3) is 11.5. The summed E-state index contributed by atoms with van der Waals surface area (Å²) in [4.78, 5) is 11.2. The Labute approximate surface area is 151 Å². The van der Waals surface area contributed by atoms with Crippen LogP contribution in [0.25, 0.3) is 0 Å². The smallest absolute Gasteiger partial charge is 0.490 e. The fraction of sp³-hybridized carbons (Fsp3) is 0.588. The highest BCUT2D eigenvalue weighted by molar-refractivity contribution is 5.73. The monoisotopic (exact) mass is 381 g/mol. The standard InChI is InChI=1S/C15H25NO3.C2HF3O2/c1-3-16(10-4-5-12-17)11-13-19-15-8-6-14(18-2)7-9-15;3-2(4,5)1(6)7/h6-9,17H,3-5,10-13H2,1-2H3;(H,6,7). The molecule has 0 aliphatic carbocycles. The summed E-state index contributed by atoms with van der Waals surface area (Å²) in [6.07, 6.45) is -3.18. The highest BCUT2D eigenvalue weighted by Crippen LogP contribution is 2.16. The van der Waals surface area contributed by atoms with Crippen LogP contribution in [0.4, 0.5) is 13.2 Å². The van der Waals surface area contributed by atoms with Crippen LogP contribution in [0.15, 0.2) is 24.3 Å². The lowest BCUT2D eigenvalue weighted by Gasteiger charge is -2.20. The topological polar surface area (TPSA) is 79.2 Å². The molecule has 0 aliphatic rings. The maximum atomic E-state index is 10.6. The molecule has 0 aromatic heterocycles. The number of unbranched alkanes of at least 4 members (excludes halogenated alkanes) is 1. The number of halogens is 3. The number of aliphatic carboxylic acids is 1. The van der Waals surface area contributed by atoms with Crippen molar-refractivity contribution in [2.45, 2.75) is 25.9 Å². The molecule has 0 aliphatic heterocycles. The van der Waals surface area contributed by atoms with E-state index in [0.717, 1.165) is 44.0 Å². The first-order chi connectivity index (χ1) is 12.2. The number of methoxy groups -OCH3 is 1. The van der Waals surface area contributed by atoms with Crippen LogP contribution in [0.1, 0.15) is 19.8 Å². The molecule has 9 heteroatoms. The molecule has 6 nitrogen and oxygen atoms in total. The van der Waals surface area contributed by atoms with Crippen molar-refractivity contribution in [2.75, 3.05) is 40.0 Å². The van der Waals surface area contributed by atoms with E-state index in [2.05, 4.69) is 11.8 Å². The molecule has 0 radical (unpaired) electrons. The van der Waals surface area contributed by atoms with Crippen molar-refractivity contribution < 1.29 is 37.7 Å². The Kier molecular flexibility index (Phi) is 12.2. The molecule has 0 fully saturated rings. The molecule has 150 valence electrons. The first kappa shape index (κ1) is 24.0. The molecule has 0 saturated carbocycles. The van der Waals surface area contributed by atoms with Gasteiger partial charge in [-0.25, -0.2) is 4.79 Å². The SMILES string of the molecule is CCN(CCCCO)CCOc1ccc(OC)cc1.O=C(O)C(F)(F)F. The summed E-state index contributed by atoms with van der Waals surface area (Å²) < 4.78 is 42.5. The molecule has 0 heterocycles. The number of aliphatic hydroxyl groups is 1. The number of rotatable bonds is 10. The number of likely N-dealkylation sites (N-methyl/N-ethyl adjacent to an activating group) is 1. The first-order valence-electron chi connectivity index (χ1n) is 8.14. The van der Waals surface area contributed by atoms with Gasteiger partial charge in [0.25, 0.3) is 0 Å². The summed E-state index contributed by atoms with van der Waals surface area (Å²) in [6.45, 7) is 6.04. The van der Waals surface area contributed by atoms with E-state index in [9.17, 15) is 13.2 Å². The summed E-state index contributed by atoms with van der Waals surface area (Å²) >= 11 is 0. The quantitative estimate of drug-likeness (QED) is 0.607. The Bertz CT molecular complexity index is 494. The number of ether oxygens (including phenoxy) is 2. The van der Waals surface area contributed by atoms with E-state index in [-0.39, 0.29) is 6.61 Å². The van der Waals surface area contributed by atoms with E-state index in [0.29, 0.717) is 6.61 Å². The fourth-order valence-corrected chi connectivity index (χ4v) is 1.84. The Morgan fingerprint density at radius 1 is 1.12 bits per heavy atom. The molecular formula is C17H26F3NO5. The average molecular weight is 381 g/mol. The summed E-state index contributed by atoms with van der Waals surface area (Å²) in [5.74, 6) is -1.05.